The molecule has 1 aromatic carbocycles. The van der Waals surface area contributed by atoms with Crippen LogP contribution in [-0.4, -0.2) is 27.0 Å². The highest BCUT2D eigenvalue weighted by Crippen LogP contribution is 2.34. The average molecular weight is 290 g/mol. The van der Waals surface area contributed by atoms with Gasteiger partial charge in [0.05, 0.1) is 18.6 Å². The number of sulfone groups is 1. The quantitative estimate of drug-likeness (QED) is 0.921. The Balaban J connectivity index is 2.21. The van der Waals surface area contributed by atoms with Crippen LogP contribution in [0.3, 0.4) is 0 Å². The number of hydrogen-bond donors (Lipinski definition) is 1. The molecule has 1 aliphatic heterocycles. The maximum absolute atomic E-state index is 11.5. The topological polar surface area (TPSA) is 69.4 Å². The van der Waals surface area contributed by atoms with Gasteiger partial charge in [0.2, 0.25) is 0 Å². The maximum Gasteiger partial charge on any atom is 0.150 e. The molecule has 0 aliphatic carbocycles. The van der Waals surface area contributed by atoms with Crippen LogP contribution in [0.15, 0.2) is 18.2 Å². The van der Waals surface area contributed by atoms with Crippen molar-refractivity contribution in [2.45, 2.75) is 12.5 Å². The third-order valence-corrected chi connectivity index (χ3v) is 5.46. The number of hydrogen-bond acceptors (Lipinski definition) is 4. The number of nitrogens with two attached hydrogens (primary N) is 1. The van der Waals surface area contributed by atoms with E-state index in [-0.39, 0.29) is 23.5 Å². The highest BCUT2D eigenvalue weighted by Gasteiger charge is 2.33. The minimum atomic E-state index is -2.92. The molecule has 18 heavy (non-hydrogen) atoms. The number of rotatable bonds is 3. The zero-order valence-corrected chi connectivity index (χ0v) is 11.7. The minimum absolute atomic E-state index is 0.0547. The van der Waals surface area contributed by atoms with E-state index in [9.17, 15) is 8.42 Å². The van der Waals surface area contributed by atoms with Gasteiger partial charge in [-0.15, -0.1) is 0 Å². The number of methoxy groups -OCH3 is 1. The Hall–Kier alpha value is -0.780. The second kappa shape index (κ2) is 5.07. The highest BCUT2D eigenvalue weighted by atomic mass is 35.5. The molecule has 1 aliphatic rings. The first-order chi connectivity index (χ1) is 8.43. The molecule has 0 spiro atoms. The summed E-state index contributed by atoms with van der Waals surface area (Å²) in [5, 5.41) is 0.520. The van der Waals surface area contributed by atoms with Gasteiger partial charge in [0, 0.05) is 11.1 Å². The lowest BCUT2D eigenvalue weighted by molar-refractivity contribution is 0.414. The van der Waals surface area contributed by atoms with Crippen LogP contribution in [0.5, 0.6) is 5.75 Å². The fraction of sp³-hybridized carbons (Fsp3) is 0.500. The van der Waals surface area contributed by atoms with Gasteiger partial charge in [0.25, 0.3) is 0 Å². The van der Waals surface area contributed by atoms with Gasteiger partial charge < -0.3 is 10.5 Å². The van der Waals surface area contributed by atoms with E-state index in [0.29, 0.717) is 17.2 Å². The second-order valence-corrected chi connectivity index (χ2v) is 7.21. The summed E-state index contributed by atoms with van der Waals surface area (Å²) in [4.78, 5) is 0. The molecular formula is C12H16ClNO3S. The minimum Gasteiger partial charge on any atom is -0.497 e. The summed E-state index contributed by atoms with van der Waals surface area (Å²) in [6.45, 7) is 0. The molecule has 2 unspecified atom stereocenters. The molecule has 4 nitrogen and oxygen atoms in total. The summed E-state index contributed by atoms with van der Waals surface area (Å²) < 4.78 is 28.0. The fourth-order valence-corrected chi connectivity index (χ4v) is 4.42. The highest BCUT2D eigenvalue weighted by molar-refractivity contribution is 7.91. The molecule has 2 atom stereocenters. The summed E-state index contributed by atoms with van der Waals surface area (Å²) in [7, 11) is -1.36. The van der Waals surface area contributed by atoms with Crippen LogP contribution in [0.2, 0.25) is 5.02 Å². The van der Waals surface area contributed by atoms with Crippen molar-refractivity contribution in [1.82, 2.24) is 0 Å². The van der Waals surface area contributed by atoms with Crippen LogP contribution in [0.1, 0.15) is 18.0 Å². The van der Waals surface area contributed by atoms with E-state index in [2.05, 4.69) is 0 Å². The largest absolute Gasteiger partial charge is 0.497 e. The molecule has 6 heteroatoms. The zero-order valence-electron chi connectivity index (χ0n) is 10.1. The summed E-state index contributed by atoms with van der Waals surface area (Å²) in [5.74, 6) is 0.978. The maximum atomic E-state index is 11.5. The molecule has 1 heterocycles. The van der Waals surface area contributed by atoms with Gasteiger partial charge in [-0.1, -0.05) is 17.7 Å². The Labute approximate surface area is 112 Å². The first-order valence-corrected chi connectivity index (χ1v) is 7.92. The molecule has 0 amide bonds. The van der Waals surface area contributed by atoms with Crippen LogP contribution < -0.4 is 10.5 Å². The summed E-state index contributed by atoms with van der Waals surface area (Å²) >= 11 is 6.14. The Bertz CT molecular complexity index is 544. The number of benzene rings is 1. The molecule has 0 aromatic heterocycles. The third-order valence-electron chi connectivity index (χ3n) is 3.34. The first kappa shape index (κ1) is 13.6. The van der Waals surface area contributed by atoms with Gasteiger partial charge in [0.1, 0.15) is 5.75 Å². The van der Waals surface area contributed by atoms with Crippen molar-refractivity contribution < 1.29 is 13.2 Å². The Morgan fingerprint density at radius 1 is 1.50 bits per heavy atom. The molecule has 100 valence electrons. The normalized spacial score (nSPS) is 23.8. The van der Waals surface area contributed by atoms with E-state index >= 15 is 0 Å². The van der Waals surface area contributed by atoms with Crippen LogP contribution in [0, 0.1) is 5.92 Å². The SMILES string of the molecule is COc1ccc(C(N)C2CCS(=O)(=O)C2)c(Cl)c1. The molecule has 1 fully saturated rings. The van der Waals surface area contributed by atoms with Crippen molar-refractivity contribution in [3.05, 3.63) is 28.8 Å². The zero-order chi connectivity index (χ0) is 13.3. The lowest BCUT2D eigenvalue weighted by Crippen LogP contribution is -2.22. The van der Waals surface area contributed by atoms with E-state index in [1.54, 1.807) is 25.3 Å². The van der Waals surface area contributed by atoms with Crippen LogP contribution in [0.25, 0.3) is 0 Å². The Morgan fingerprint density at radius 3 is 2.72 bits per heavy atom. The van der Waals surface area contributed by atoms with Gasteiger partial charge in [-0.25, -0.2) is 8.42 Å². The predicted molar refractivity (Wildman–Crippen MR) is 71.7 cm³/mol. The van der Waals surface area contributed by atoms with Crippen LogP contribution in [0.4, 0.5) is 0 Å². The lowest BCUT2D eigenvalue weighted by Gasteiger charge is -2.19. The standard InChI is InChI=1S/C12H16ClNO3S/c1-17-9-2-3-10(11(13)6-9)12(14)8-4-5-18(15,16)7-8/h2-3,6,8,12H,4-5,7,14H2,1H3. The summed E-state index contributed by atoms with van der Waals surface area (Å²) in [6.07, 6.45) is 0.603. The van der Waals surface area contributed by atoms with Gasteiger partial charge >= 0.3 is 0 Å². The number of ether oxygens (including phenoxy) is 1. The van der Waals surface area contributed by atoms with Crippen molar-refractivity contribution in [3.63, 3.8) is 0 Å². The van der Waals surface area contributed by atoms with Gasteiger partial charge in [-0.05, 0) is 30.0 Å². The molecule has 0 saturated carbocycles. The van der Waals surface area contributed by atoms with E-state index in [1.165, 1.54) is 0 Å². The fourth-order valence-electron chi connectivity index (χ4n) is 2.27. The molecule has 2 N–H and O–H groups in total. The summed E-state index contributed by atoms with van der Waals surface area (Å²) in [5.41, 5.74) is 6.90. The lowest BCUT2D eigenvalue weighted by atomic mass is 9.93. The Morgan fingerprint density at radius 2 is 2.22 bits per heavy atom. The first-order valence-electron chi connectivity index (χ1n) is 5.72. The molecule has 1 aromatic rings. The molecule has 0 radical (unpaired) electrons. The average Bonchev–Trinajstić information content (AvgIpc) is 2.68. The van der Waals surface area contributed by atoms with Crippen molar-refractivity contribution in [3.8, 4) is 5.75 Å². The van der Waals surface area contributed by atoms with Crippen molar-refractivity contribution in [2.75, 3.05) is 18.6 Å². The summed E-state index contributed by atoms with van der Waals surface area (Å²) in [6, 6.07) is 4.93. The molecule has 1 saturated heterocycles. The Kier molecular flexibility index (Phi) is 3.84. The third kappa shape index (κ3) is 2.79. The molecule has 2 rings (SSSR count). The van der Waals surface area contributed by atoms with Crippen LogP contribution >= 0.6 is 11.6 Å². The van der Waals surface area contributed by atoms with E-state index in [4.69, 9.17) is 22.1 Å². The number of halogens is 1. The van der Waals surface area contributed by atoms with Crippen LogP contribution in [-0.2, 0) is 9.84 Å². The predicted octanol–water partition coefficient (Wildman–Crippen LogP) is 1.78. The molecule has 0 bridgehead atoms. The van der Waals surface area contributed by atoms with Crippen molar-refractivity contribution in [1.29, 1.82) is 0 Å². The van der Waals surface area contributed by atoms with E-state index in [1.807, 2.05) is 0 Å². The van der Waals surface area contributed by atoms with Crippen molar-refractivity contribution >= 4 is 21.4 Å². The van der Waals surface area contributed by atoms with Gasteiger partial charge in [0.15, 0.2) is 9.84 Å². The smallest absolute Gasteiger partial charge is 0.150 e. The monoisotopic (exact) mass is 289 g/mol. The van der Waals surface area contributed by atoms with Crippen molar-refractivity contribution in [2.24, 2.45) is 11.7 Å². The van der Waals surface area contributed by atoms with Gasteiger partial charge in [-0.2, -0.15) is 0 Å². The van der Waals surface area contributed by atoms with E-state index < -0.39 is 9.84 Å². The van der Waals surface area contributed by atoms with E-state index in [0.717, 1.165) is 5.56 Å². The molecular weight excluding hydrogens is 274 g/mol. The second-order valence-electron chi connectivity index (χ2n) is 4.58. The van der Waals surface area contributed by atoms with Gasteiger partial charge in [-0.3, -0.25) is 0 Å².